The molecule has 0 aliphatic carbocycles. The normalized spacial score (nSPS) is 16.5. The molecular weight excluding hydrogens is 231 g/mol. The maximum absolute atomic E-state index is 12.0. The summed E-state index contributed by atoms with van der Waals surface area (Å²) in [4.78, 5) is 0. The van der Waals surface area contributed by atoms with Gasteiger partial charge >= 0.3 is 18.3 Å². The van der Waals surface area contributed by atoms with Gasteiger partial charge in [-0.15, -0.1) is 0 Å². The van der Waals surface area contributed by atoms with E-state index in [2.05, 4.69) is 0 Å². The summed E-state index contributed by atoms with van der Waals surface area (Å²) in [5.74, 6) is -12.2. The molecule has 14 heavy (non-hydrogen) atoms. The molecule has 9 heteroatoms. The maximum atomic E-state index is 12.0. The zero-order chi connectivity index (χ0) is 11.7. The highest BCUT2D eigenvalue weighted by Crippen LogP contribution is 2.43. The number of rotatable bonds is 4. The van der Waals surface area contributed by atoms with Gasteiger partial charge in [-0.25, -0.2) is 22.0 Å². The van der Waals surface area contributed by atoms with Crippen molar-refractivity contribution in [3.8, 4) is 0 Å². The van der Waals surface area contributed by atoms with Crippen molar-refractivity contribution in [3.05, 3.63) is 0 Å². The number of alkyl halides is 9. The van der Waals surface area contributed by atoms with Gasteiger partial charge in [0, 0.05) is 0 Å². The second-order valence-corrected chi connectivity index (χ2v) is 2.28. The molecule has 0 aromatic heterocycles. The van der Waals surface area contributed by atoms with Crippen molar-refractivity contribution in [3.63, 3.8) is 0 Å². The summed E-state index contributed by atoms with van der Waals surface area (Å²) in [5.41, 5.74) is 0. The highest BCUT2D eigenvalue weighted by Gasteiger charge is 2.69. The Morgan fingerprint density at radius 1 is 0.643 bits per heavy atom. The summed E-state index contributed by atoms with van der Waals surface area (Å²) in [7, 11) is 0. The minimum Gasteiger partial charge on any atom is -0.234 e. The molecule has 0 spiro atoms. The third-order valence-electron chi connectivity index (χ3n) is 1.29. The first-order valence-electron chi connectivity index (χ1n) is 3.01. The third-order valence-corrected chi connectivity index (χ3v) is 1.29. The van der Waals surface area contributed by atoms with Crippen LogP contribution in [0.5, 0.6) is 0 Å². The summed E-state index contributed by atoms with van der Waals surface area (Å²) in [6, 6.07) is 0. The average molecular weight is 234 g/mol. The van der Waals surface area contributed by atoms with Crippen LogP contribution in [0.3, 0.4) is 0 Å². The predicted molar refractivity (Wildman–Crippen MR) is 26.8 cm³/mol. The molecule has 0 aromatic rings. The van der Waals surface area contributed by atoms with E-state index >= 15 is 0 Å². The SMILES string of the molecule is FC(F)C(F)C(F)(F)C(F)(F)C(F)F. The molecule has 0 radical (unpaired) electrons. The van der Waals surface area contributed by atoms with Crippen LogP contribution in [-0.4, -0.2) is 30.9 Å². The Bertz CT molecular complexity index is 186. The largest absolute Gasteiger partial charge is 0.372 e. The summed E-state index contributed by atoms with van der Waals surface area (Å²) in [6.07, 6.45) is -14.0. The molecule has 0 aromatic carbocycles. The molecule has 0 aliphatic rings. The van der Waals surface area contributed by atoms with E-state index in [1.807, 2.05) is 0 Å². The number of hydrogen-bond donors (Lipinski definition) is 0. The lowest BCUT2D eigenvalue weighted by atomic mass is 10.1. The van der Waals surface area contributed by atoms with E-state index in [4.69, 9.17) is 0 Å². The second-order valence-electron chi connectivity index (χ2n) is 2.28. The Labute approximate surface area is 71.7 Å². The molecule has 0 aliphatic heterocycles. The molecule has 0 bridgehead atoms. The Balaban J connectivity index is 4.93. The predicted octanol–water partition coefficient (Wildman–Crippen LogP) is 3.13. The fourth-order valence-corrected chi connectivity index (χ4v) is 0.488. The summed E-state index contributed by atoms with van der Waals surface area (Å²) in [6.45, 7) is 0. The fourth-order valence-electron chi connectivity index (χ4n) is 0.488. The van der Waals surface area contributed by atoms with E-state index in [1.54, 1.807) is 0 Å². The second kappa shape index (κ2) is 3.85. The van der Waals surface area contributed by atoms with Crippen LogP contribution in [0, 0.1) is 0 Å². The highest BCUT2D eigenvalue weighted by molar-refractivity contribution is 4.93. The zero-order valence-electron chi connectivity index (χ0n) is 6.13. The Kier molecular flexibility index (Phi) is 3.68. The summed E-state index contributed by atoms with van der Waals surface area (Å²) >= 11 is 0. The van der Waals surface area contributed by atoms with Gasteiger partial charge in [0.05, 0.1) is 0 Å². The van der Waals surface area contributed by atoms with Gasteiger partial charge in [-0.1, -0.05) is 0 Å². The Hall–Kier alpha value is -0.630. The van der Waals surface area contributed by atoms with Gasteiger partial charge in [0.2, 0.25) is 6.17 Å². The molecule has 0 saturated heterocycles. The molecule has 1 unspecified atom stereocenters. The zero-order valence-corrected chi connectivity index (χ0v) is 6.13. The lowest BCUT2D eigenvalue weighted by molar-refractivity contribution is -0.297. The Morgan fingerprint density at radius 2 is 1.00 bits per heavy atom. The van der Waals surface area contributed by atoms with Crippen molar-refractivity contribution >= 4 is 0 Å². The third kappa shape index (κ3) is 2.06. The van der Waals surface area contributed by atoms with Gasteiger partial charge in [-0.2, -0.15) is 17.6 Å². The van der Waals surface area contributed by atoms with Crippen molar-refractivity contribution in [2.24, 2.45) is 0 Å². The van der Waals surface area contributed by atoms with Crippen LogP contribution in [0.25, 0.3) is 0 Å². The highest BCUT2D eigenvalue weighted by atomic mass is 19.3. The van der Waals surface area contributed by atoms with Crippen molar-refractivity contribution in [2.45, 2.75) is 30.9 Å². The lowest BCUT2D eigenvalue weighted by Crippen LogP contribution is -2.54. The van der Waals surface area contributed by atoms with Gasteiger partial charge in [-0.3, -0.25) is 0 Å². The van der Waals surface area contributed by atoms with Crippen molar-refractivity contribution in [1.29, 1.82) is 0 Å². The molecular formula is C5H3F9. The van der Waals surface area contributed by atoms with E-state index in [0.717, 1.165) is 0 Å². The van der Waals surface area contributed by atoms with Crippen LogP contribution < -0.4 is 0 Å². The van der Waals surface area contributed by atoms with Crippen LogP contribution in [0.1, 0.15) is 0 Å². The van der Waals surface area contributed by atoms with Gasteiger partial charge in [0.15, 0.2) is 0 Å². The molecule has 0 N–H and O–H groups in total. The summed E-state index contributed by atoms with van der Waals surface area (Å²) in [5, 5.41) is 0. The van der Waals surface area contributed by atoms with E-state index in [0.29, 0.717) is 0 Å². The molecule has 0 fully saturated rings. The lowest BCUT2D eigenvalue weighted by Gasteiger charge is -2.27. The van der Waals surface area contributed by atoms with Gasteiger partial charge in [0.25, 0.3) is 6.43 Å². The van der Waals surface area contributed by atoms with Crippen LogP contribution in [0.4, 0.5) is 39.5 Å². The minimum atomic E-state index is -6.12. The van der Waals surface area contributed by atoms with Gasteiger partial charge in [-0.05, 0) is 0 Å². The standard InChI is InChI=1S/C5H3F9/c6-1(2(7)8)4(11,12)5(13,14)3(9)10/h1-3H. The van der Waals surface area contributed by atoms with E-state index in [1.165, 1.54) is 0 Å². The average Bonchev–Trinajstić information content (AvgIpc) is 2.01. The first kappa shape index (κ1) is 13.4. The van der Waals surface area contributed by atoms with Crippen LogP contribution in [-0.2, 0) is 0 Å². The molecule has 0 amide bonds. The van der Waals surface area contributed by atoms with Crippen LogP contribution in [0.2, 0.25) is 0 Å². The Morgan fingerprint density at radius 3 is 1.21 bits per heavy atom. The molecule has 0 saturated carbocycles. The van der Waals surface area contributed by atoms with Crippen LogP contribution >= 0.6 is 0 Å². The molecule has 0 heterocycles. The van der Waals surface area contributed by atoms with E-state index in [-0.39, 0.29) is 0 Å². The van der Waals surface area contributed by atoms with Crippen molar-refractivity contribution in [1.82, 2.24) is 0 Å². The number of halogens is 9. The van der Waals surface area contributed by atoms with Gasteiger partial charge in [0.1, 0.15) is 0 Å². The first-order valence-corrected chi connectivity index (χ1v) is 3.01. The molecule has 86 valence electrons. The van der Waals surface area contributed by atoms with E-state index in [9.17, 15) is 39.5 Å². The minimum absolute atomic E-state index is 4.46. The molecule has 0 rings (SSSR count). The molecule has 0 nitrogen and oxygen atoms in total. The van der Waals surface area contributed by atoms with Crippen molar-refractivity contribution < 1.29 is 39.5 Å². The van der Waals surface area contributed by atoms with E-state index < -0.39 is 30.9 Å². The van der Waals surface area contributed by atoms with Gasteiger partial charge < -0.3 is 0 Å². The number of hydrogen-bond acceptors (Lipinski definition) is 0. The summed E-state index contributed by atoms with van der Waals surface area (Å²) < 4.78 is 105. The molecule has 1 atom stereocenters. The van der Waals surface area contributed by atoms with Crippen LogP contribution in [0.15, 0.2) is 0 Å². The smallest absolute Gasteiger partial charge is 0.234 e. The quantitative estimate of drug-likeness (QED) is 0.655. The first-order chi connectivity index (χ1) is 6.05. The topological polar surface area (TPSA) is 0 Å². The maximum Gasteiger partial charge on any atom is 0.372 e. The van der Waals surface area contributed by atoms with Crippen molar-refractivity contribution in [2.75, 3.05) is 0 Å². The monoisotopic (exact) mass is 234 g/mol. The fraction of sp³-hybridized carbons (Fsp3) is 1.00.